The zero-order valence-electron chi connectivity index (χ0n) is 10.1. The molecule has 2 rings (SSSR count). The van der Waals surface area contributed by atoms with Gasteiger partial charge in [-0.1, -0.05) is 19.3 Å². The Kier molecular flexibility index (Phi) is 3.61. The molecule has 0 saturated heterocycles. The van der Waals surface area contributed by atoms with Crippen molar-refractivity contribution in [3.8, 4) is 0 Å². The van der Waals surface area contributed by atoms with E-state index in [1.807, 2.05) is 0 Å². The zero-order chi connectivity index (χ0) is 12.3. The molecule has 1 fully saturated rings. The van der Waals surface area contributed by atoms with Crippen LogP contribution in [0.2, 0.25) is 0 Å². The maximum atomic E-state index is 11.8. The van der Waals surface area contributed by atoms with Crippen molar-refractivity contribution in [3.05, 3.63) is 23.5 Å². The molecule has 4 nitrogen and oxygen atoms in total. The van der Waals surface area contributed by atoms with Crippen molar-refractivity contribution >= 4 is 11.7 Å². The molecule has 0 aliphatic heterocycles. The number of nitrogen functional groups attached to an aromatic ring is 1. The minimum atomic E-state index is -0.318. The number of aryl methyl sites for hydroxylation is 1. The number of rotatable bonds is 4. The third-order valence-corrected chi connectivity index (χ3v) is 3.31. The molecule has 0 bridgehead atoms. The number of esters is 1. The Bertz CT molecular complexity index is 414. The summed E-state index contributed by atoms with van der Waals surface area (Å²) in [7, 11) is 0. The minimum absolute atomic E-state index is 0.318. The molecule has 1 aromatic rings. The fraction of sp³-hybridized carbons (Fsp3) is 0.538. The Labute approximate surface area is 101 Å². The van der Waals surface area contributed by atoms with E-state index in [9.17, 15) is 4.79 Å². The third-order valence-electron chi connectivity index (χ3n) is 3.31. The summed E-state index contributed by atoms with van der Waals surface area (Å²) in [6, 6.07) is 1.62. The predicted molar refractivity (Wildman–Crippen MR) is 65.6 cm³/mol. The van der Waals surface area contributed by atoms with Crippen LogP contribution < -0.4 is 5.73 Å². The fourth-order valence-electron chi connectivity index (χ4n) is 1.93. The Morgan fingerprint density at radius 3 is 3.00 bits per heavy atom. The van der Waals surface area contributed by atoms with Crippen molar-refractivity contribution < 1.29 is 9.53 Å². The zero-order valence-corrected chi connectivity index (χ0v) is 10.1. The van der Waals surface area contributed by atoms with Crippen LogP contribution in [0.15, 0.2) is 12.3 Å². The fourth-order valence-corrected chi connectivity index (χ4v) is 1.93. The number of nitrogens with zero attached hydrogens (tertiary/aromatic N) is 1. The number of pyridine rings is 1. The summed E-state index contributed by atoms with van der Waals surface area (Å²) in [6.45, 7) is 2.28. The van der Waals surface area contributed by atoms with Crippen LogP contribution >= 0.6 is 0 Å². The molecule has 0 radical (unpaired) electrons. The molecule has 2 N–H and O–H groups in total. The molecule has 0 unspecified atom stereocenters. The van der Waals surface area contributed by atoms with Gasteiger partial charge >= 0.3 is 5.97 Å². The largest absolute Gasteiger partial charge is 0.462 e. The van der Waals surface area contributed by atoms with E-state index in [0.717, 1.165) is 12.3 Å². The number of ether oxygens (including phenoxy) is 1. The lowest BCUT2D eigenvalue weighted by Crippen LogP contribution is -2.16. The Morgan fingerprint density at radius 2 is 2.35 bits per heavy atom. The Hall–Kier alpha value is -1.58. The molecule has 1 saturated carbocycles. The minimum Gasteiger partial charge on any atom is -0.462 e. The van der Waals surface area contributed by atoms with Crippen LogP contribution in [0.4, 0.5) is 5.69 Å². The standard InChI is InChI=1S/C13H18N2O2/c1-9-12(7-11(14)8-15-9)13(16)17-6-5-10-3-2-4-10/h7-8,10H,2-6,14H2,1H3. The van der Waals surface area contributed by atoms with Crippen LogP contribution in [0.3, 0.4) is 0 Å². The van der Waals surface area contributed by atoms with Crippen LogP contribution in [0.1, 0.15) is 41.7 Å². The van der Waals surface area contributed by atoms with Crippen LogP contribution in [-0.2, 0) is 4.74 Å². The van der Waals surface area contributed by atoms with E-state index in [-0.39, 0.29) is 5.97 Å². The van der Waals surface area contributed by atoms with Gasteiger partial charge in [0, 0.05) is 0 Å². The van der Waals surface area contributed by atoms with Crippen molar-refractivity contribution in [2.24, 2.45) is 5.92 Å². The molecule has 0 amide bonds. The average molecular weight is 234 g/mol. The van der Waals surface area contributed by atoms with Gasteiger partial charge in [-0.2, -0.15) is 0 Å². The normalized spacial score (nSPS) is 15.4. The summed E-state index contributed by atoms with van der Waals surface area (Å²) >= 11 is 0. The van der Waals surface area contributed by atoms with Crippen molar-refractivity contribution in [1.29, 1.82) is 0 Å². The van der Waals surface area contributed by atoms with Crippen molar-refractivity contribution in [2.75, 3.05) is 12.3 Å². The van der Waals surface area contributed by atoms with E-state index < -0.39 is 0 Å². The van der Waals surface area contributed by atoms with E-state index in [2.05, 4.69) is 4.98 Å². The first-order valence-corrected chi connectivity index (χ1v) is 6.06. The number of nitrogens with two attached hydrogens (primary N) is 1. The Balaban J connectivity index is 1.87. The van der Waals surface area contributed by atoms with Crippen molar-refractivity contribution in [3.63, 3.8) is 0 Å². The smallest absolute Gasteiger partial charge is 0.340 e. The van der Waals surface area contributed by atoms with Gasteiger partial charge in [0.1, 0.15) is 0 Å². The molecule has 92 valence electrons. The first-order chi connectivity index (χ1) is 8.16. The van der Waals surface area contributed by atoms with Crippen LogP contribution in [0.25, 0.3) is 0 Å². The summed E-state index contributed by atoms with van der Waals surface area (Å²) in [4.78, 5) is 15.8. The highest BCUT2D eigenvalue weighted by Gasteiger charge is 2.18. The lowest BCUT2D eigenvalue weighted by Gasteiger charge is -2.24. The van der Waals surface area contributed by atoms with E-state index >= 15 is 0 Å². The molecule has 0 aromatic carbocycles. The van der Waals surface area contributed by atoms with E-state index in [4.69, 9.17) is 10.5 Å². The average Bonchev–Trinajstić information content (AvgIpc) is 2.25. The molecule has 1 heterocycles. The molecule has 0 spiro atoms. The van der Waals surface area contributed by atoms with Crippen LogP contribution in [0.5, 0.6) is 0 Å². The molecule has 1 aliphatic carbocycles. The van der Waals surface area contributed by atoms with E-state index in [0.29, 0.717) is 23.6 Å². The molecule has 0 atom stereocenters. The van der Waals surface area contributed by atoms with Gasteiger partial charge in [0.15, 0.2) is 0 Å². The summed E-state index contributed by atoms with van der Waals surface area (Å²) in [5.74, 6) is 0.435. The van der Waals surface area contributed by atoms with Crippen molar-refractivity contribution in [1.82, 2.24) is 4.98 Å². The van der Waals surface area contributed by atoms with Gasteiger partial charge in [-0.3, -0.25) is 4.98 Å². The first-order valence-electron chi connectivity index (χ1n) is 6.06. The van der Waals surface area contributed by atoms with Gasteiger partial charge in [0.25, 0.3) is 0 Å². The third kappa shape index (κ3) is 2.96. The number of hydrogen-bond donors (Lipinski definition) is 1. The molecule has 1 aromatic heterocycles. The molecular formula is C13H18N2O2. The van der Waals surface area contributed by atoms with Gasteiger partial charge in [0.05, 0.1) is 29.7 Å². The second-order valence-electron chi connectivity index (χ2n) is 4.62. The number of hydrogen-bond acceptors (Lipinski definition) is 4. The lowest BCUT2D eigenvalue weighted by atomic mass is 9.83. The van der Waals surface area contributed by atoms with Crippen LogP contribution in [-0.4, -0.2) is 17.6 Å². The van der Waals surface area contributed by atoms with Gasteiger partial charge < -0.3 is 10.5 Å². The highest BCUT2D eigenvalue weighted by atomic mass is 16.5. The first kappa shape index (κ1) is 11.9. The van der Waals surface area contributed by atoms with Gasteiger partial charge in [-0.15, -0.1) is 0 Å². The summed E-state index contributed by atoms with van der Waals surface area (Å²) in [5, 5.41) is 0. The highest BCUT2D eigenvalue weighted by Crippen LogP contribution is 2.29. The van der Waals surface area contributed by atoms with Gasteiger partial charge in [0.2, 0.25) is 0 Å². The van der Waals surface area contributed by atoms with Gasteiger partial charge in [-0.05, 0) is 25.3 Å². The quantitative estimate of drug-likeness (QED) is 0.812. The number of aromatic nitrogens is 1. The SMILES string of the molecule is Cc1ncc(N)cc1C(=O)OCCC1CCC1. The summed E-state index contributed by atoms with van der Waals surface area (Å²) < 4.78 is 5.24. The topological polar surface area (TPSA) is 65.2 Å². The monoisotopic (exact) mass is 234 g/mol. The van der Waals surface area contributed by atoms with E-state index in [1.165, 1.54) is 19.3 Å². The molecule has 1 aliphatic rings. The highest BCUT2D eigenvalue weighted by molar-refractivity contribution is 5.91. The molecular weight excluding hydrogens is 216 g/mol. The maximum absolute atomic E-state index is 11.8. The van der Waals surface area contributed by atoms with Crippen molar-refractivity contribution in [2.45, 2.75) is 32.6 Å². The molecule has 4 heteroatoms. The second-order valence-corrected chi connectivity index (χ2v) is 4.62. The van der Waals surface area contributed by atoms with Crippen LogP contribution in [0, 0.1) is 12.8 Å². The Morgan fingerprint density at radius 1 is 1.59 bits per heavy atom. The summed E-state index contributed by atoms with van der Waals surface area (Å²) in [5.41, 5.74) is 7.22. The van der Waals surface area contributed by atoms with E-state index in [1.54, 1.807) is 19.2 Å². The second kappa shape index (κ2) is 5.17. The number of carbonyl (C=O) groups excluding carboxylic acids is 1. The van der Waals surface area contributed by atoms with Gasteiger partial charge in [-0.25, -0.2) is 4.79 Å². The number of anilines is 1. The lowest BCUT2D eigenvalue weighted by molar-refractivity contribution is 0.0463. The maximum Gasteiger partial charge on any atom is 0.340 e. The predicted octanol–water partition coefficient (Wildman–Crippen LogP) is 2.32. The molecule has 17 heavy (non-hydrogen) atoms. The summed E-state index contributed by atoms with van der Waals surface area (Å²) in [6.07, 6.45) is 6.38. The number of carbonyl (C=O) groups is 1.